The van der Waals surface area contributed by atoms with Crippen LogP contribution in [-0.4, -0.2) is 287 Å². The molecule has 12 fully saturated rings. The van der Waals surface area contributed by atoms with Crippen LogP contribution in [0.2, 0.25) is 0 Å². The molecule has 0 amide bonds. The van der Waals surface area contributed by atoms with Crippen molar-refractivity contribution in [3.8, 4) is 0 Å². The molecule has 17 rings (SSSR count). The van der Waals surface area contributed by atoms with Crippen LogP contribution in [-0.2, 0) is 71.2 Å². The number of allylic oxidation sites excluding steroid dienone is 2. The molecule has 12 bridgehead atoms. The smallest absolute Gasteiger partial charge is 0.317 e. The highest BCUT2D eigenvalue weighted by Gasteiger charge is 2.73. The van der Waals surface area contributed by atoms with E-state index < -0.39 is 262 Å². The van der Waals surface area contributed by atoms with Crippen LogP contribution in [0.25, 0.3) is 0 Å². The van der Waals surface area contributed by atoms with Gasteiger partial charge in [-0.15, -0.1) is 0 Å². The van der Waals surface area contributed by atoms with Gasteiger partial charge in [-0.3, -0.25) is 14.4 Å². The molecule has 93 heavy (non-hydrogen) atoms. The fourth-order valence-electron chi connectivity index (χ4n) is 18.6. The largest absolute Gasteiger partial charge is 0.457 e. The highest BCUT2D eigenvalue weighted by molar-refractivity contribution is 5.80. The minimum atomic E-state index is -2.31. The van der Waals surface area contributed by atoms with E-state index in [0.717, 1.165) is 12.5 Å². The lowest BCUT2D eigenvalue weighted by Gasteiger charge is -2.72. The van der Waals surface area contributed by atoms with Crippen molar-refractivity contribution in [3.05, 3.63) is 11.6 Å². The van der Waals surface area contributed by atoms with E-state index in [0.29, 0.717) is 32.1 Å². The van der Waals surface area contributed by atoms with Gasteiger partial charge in [-0.05, 0) is 105 Å². The molecule has 0 aromatic carbocycles. The lowest BCUT2D eigenvalue weighted by Crippen LogP contribution is -2.71. The normalized spacial score (nSPS) is 54.8. The first-order valence-electron chi connectivity index (χ1n) is 32.7. The van der Waals surface area contributed by atoms with E-state index in [1.165, 1.54) is 6.92 Å². The van der Waals surface area contributed by atoms with E-state index >= 15 is 4.79 Å². The van der Waals surface area contributed by atoms with Gasteiger partial charge in [0.2, 0.25) is 6.29 Å². The summed E-state index contributed by atoms with van der Waals surface area (Å²) in [6.07, 6.45) is -41.1. The van der Waals surface area contributed by atoms with Crippen molar-refractivity contribution in [2.45, 2.75) is 279 Å². The maximum absolute atomic E-state index is 15.7. The zero-order valence-electron chi connectivity index (χ0n) is 53.7. The van der Waals surface area contributed by atoms with E-state index in [1.54, 1.807) is 6.92 Å². The van der Waals surface area contributed by atoms with Crippen LogP contribution >= 0.6 is 0 Å². The van der Waals surface area contributed by atoms with Crippen LogP contribution in [0.4, 0.5) is 0 Å². The second-order valence-electron chi connectivity index (χ2n) is 30.6. The monoisotopic (exact) mass is 1330 g/mol. The molecule has 8 saturated heterocycles. The van der Waals surface area contributed by atoms with Gasteiger partial charge in [0.1, 0.15) is 84.8 Å². The van der Waals surface area contributed by atoms with Crippen molar-refractivity contribution < 1.29 is 148 Å². The Labute approximate surface area is 537 Å². The number of ether oxygens (including phenoxy) is 12. The van der Waals surface area contributed by atoms with Crippen LogP contribution in [0.5, 0.6) is 0 Å². The van der Waals surface area contributed by atoms with Gasteiger partial charge in [-0.2, -0.15) is 0 Å². The van der Waals surface area contributed by atoms with Gasteiger partial charge in [0, 0.05) is 5.41 Å². The van der Waals surface area contributed by atoms with Crippen LogP contribution in [0, 0.1) is 50.2 Å². The van der Waals surface area contributed by atoms with Gasteiger partial charge in [0.15, 0.2) is 43.5 Å². The van der Waals surface area contributed by atoms with Crippen molar-refractivity contribution in [1.82, 2.24) is 0 Å². The topological polar surface area (TPSA) is 465 Å². The molecular formula is C63H98O30. The summed E-state index contributed by atoms with van der Waals surface area (Å²) in [5.74, 6) is -4.65. The lowest BCUT2D eigenvalue weighted by atomic mass is 9.33. The third-order valence-electron chi connectivity index (χ3n) is 24.0. The molecule has 4 saturated carbocycles. The van der Waals surface area contributed by atoms with Crippen molar-refractivity contribution in [3.63, 3.8) is 0 Å². The highest BCUT2D eigenvalue weighted by atomic mass is 16.8. The third kappa shape index (κ3) is 12.3. The zero-order chi connectivity index (χ0) is 67.8. The quantitative estimate of drug-likeness (QED) is 0.0557. The maximum atomic E-state index is 15.7. The predicted octanol–water partition coefficient (Wildman–Crippen LogP) is -3.71. The second-order valence-corrected chi connectivity index (χ2v) is 30.6. The van der Waals surface area contributed by atoms with Gasteiger partial charge in [-0.1, -0.05) is 53.2 Å². The highest BCUT2D eigenvalue weighted by Crippen LogP contribution is 2.76. The lowest BCUT2D eigenvalue weighted by molar-refractivity contribution is -0.377. The molecule has 30 heteroatoms. The number of hydrogen-bond acceptors (Lipinski definition) is 30. The molecule has 5 aliphatic carbocycles. The summed E-state index contributed by atoms with van der Waals surface area (Å²) in [4.78, 5) is 43.1. The summed E-state index contributed by atoms with van der Waals surface area (Å²) in [7, 11) is 0. The summed E-state index contributed by atoms with van der Waals surface area (Å²) in [5.41, 5.74) is -6.89. The first-order chi connectivity index (χ1) is 43.5. The van der Waals surface area contributed by atoms with Crippen molar-refractivity contribution in [2.24, 2.45) is 50.2 Å². The van der Waals surface area contributed by atoms with E-state index in [2.05, 4.69) is 40.7 Å². The maximum Gasteiger partial charge on any atom is 0.317 e. The number of carbonyl (C=O) groups is 3. The van der Waals surface area contributed by atoms with E-state index in [9.17, 15) is 86.2 Å². The standard InChI is InChI=1S/C63H98O30/c1-25-46-47(89-51-43(77)38(72)29(67)21-82-51)45(79)53(85-25)91-48-39(73)30(68)22-83-54(48)93-56(80)63-14-13-57(2,3)15-27(63)26-9-10-34-59(5)16-28(66)50(60(6,24-65)33(59)11-12-61(34,7)62(26,8)17-35(63)69)92-55-49(42(76)40(74)31(20-64)87-55)90-52-44(78)41(75)32(23-84-52)86-36(70)18-58(4,81)19-37(71)88-46/h9,25,27-35,38-55,64-69,72-79,81H,10-24H2,1-8H3/t25-,27-,28-,29+,30-,31+,32-,33+,34+,35+,38-,39-,40+,41-,42-,43+,44+,45+,46-,47-,48+,49+,50-,51-,52-,53-,54-,55-,58-,59-,60-,61+,62+,63+/m0/s1. The molecule has 1 spiro atoms. The molecule has 0 unspecified atom stereocenters. The van der Waals surface area contributed by atoms with E-state index in [4.69, 9.17) is 56.8 Å². The molecule has 0 aromatic rings. The molecule has 530 valence electrons. The molecule has 34 atom stereocenters. The second kappa shape index (κ2) is 26.0. The molecule has 30 nitrogen and oxygen atoms in total. The first kappa shape index (κ1) is 71.5. The van der Waals surface area contributed by atoms with Crippen LogP contribution in [0.15, 0.2) is 11.6 Å². The fraction of sp³-hybridized carbons (Fsp3) is 0.921. The van der Waals surface area contributed by atoms with Crippen molar-refractivity contribution in [2.75, 3.05) is 33.0 Å². The molecule has 15 N–H and O–H groups in total. The zero-order valence-corrected chi connectivity index (χ0v) is 53.7. The first-order valence-corrected chi connectivity index (χ1v) is 32.7. The Bertz CT molecular complexity index is 2740. The predicted molar refractivity (Wildman–Crippen MR) is 308 cm³/mol. The summed E-state index contributed by atoms with van der Waals surface area (Å²) in [5, 5.41) is 172. The summed E-state index contributed by atoms with van der Waals surface area (Å²) < 4.78 is 72.0. The van der Waals surface area contributed by atoms with E-state index in [-0.39, 0.29) is 30.6 Å². The number of rotatable bonds is 4. The van der Waals surface area contributed by atoms with Gasteiger partial charge in [0.25, 0.3) is 0 Å². The van der Waals surface area contributed by atoms with Crippen LogP contribution in [0.3, 0.4) is 0 Å². The van der Waals surface area contributed by atoms with Gasteiger partial charge in [-0.25, -0.2) is 0 Å². The van der Waals surface area contributed by atoms with Crippen LogP contribution < -0.4 is 0 Å². The summed E-state index contributed by atoms with van der Waals surface area (Å²) >= 11 is 0. The Morgan fingerprint density at radius 2 is 1.22 bits per heavy atom. The summed E-state index contributed by atoms with van der Waals surface area (Å²) in [6, 6.07) is 0. The number of esters is 3. The Hall–Kier alpha value is -2.81. The molecule has 17 aliphatic rings. The summed E-state index contributed by atoms with van der Waals surface area (Å²) in [6.45, 7) is 11.5. The molecule has 0 aromatic heterocycles. The number of aliphatic hydroxyl groups is 15. The molecule has 12 heterocycles. The molecule has 0 radical (unpaired) electrons. The minimum absolute atomic E-state index is 0.0693. The SMILES string of the molecule is C[C@@H]1O[C@H]2O[C@H]3[C@@H](OC[C@H](O)[C@@H]3O)OC(=O)[C@]34CCC(C)(C)C[C@H]3C3=CC[C@@H]5[C@@]6(C)C[C@H](O)[C@H](O[C@@H]7O[C@H](CO)[C@@H](O)[C@H](O)[C@H]7O[C@@H]7OC[C@H](OC(=O)C[C@](C)(O)CC(=O)O[C@@H]1[C@@H](O[C@@H]1OC[C@@H](O)[C@H](O)[C@H]1O)[C@H]2O)[C@H](O)[C@H]7O)[C@@](C)(CO)[C@@H]6CC[C@@]5(C)[C@]3(C)C[C@H]4O. The number of carbonyl (C=O) groups excluding carboxylic acids is 3. The Kier molecular flexibility index (Phi) is 20.0. The van der Waals surface area contributed by atoms with E-state index in [1.807, 2.05) is 0 Å². The Morgan fingerprint density at radius 3 is 1.90 bits per heavy atom. The van der Waals surface area contributed by atoms with Crippen molar-refractivity contribution >= 4 is 17.9 Å². The minimum Gasteiger partial charge on any atom is -0.457 e. The molecule has 12 aliphatic heterocycles. The van der Waals surface area contributed by atoms with Crippen molar-refractivity contribution in [1.29, 1.82) is 0 Å². The molecular weight excluding hydrogens is 1240 g/mol. The fourth-order valence-corrected chi connectivity index (χ4v) is 18.6. The van der Waals surface area contributed by atoms with Gasteiger partial charge in [0.05, 0.1) is 75.9 Å². The van der Waals surface area contributed by atoms with Gasteiger partial charge < -0.3 is 133 Å². The third-order valence-corrected chi connectivity index (χ3v) is 24.0. The Morgan fingerprint density at radius 1 is 0.570 bits per heavy atom. The number of aliphatic hydroxyl groups excluding tert-OH is 14. The Balaban J connectivity index is 0.961. The average molecular weight is 1340 g/mol. The average Bonchev–Trinajstić information content (AvgIpc) is 0.671. The van der Waals surface area contributed by atoms with Crippen LogP contribution in [0.1, 0.15) is 120 Å². The number of hydrogen-bond donors (Lipinski definition) is 15. The van der Waals surface area contributed by atoms with Gasteiger partial charge >= 0.3 is 17.9 Å².